The van der Waals surface area contributed by atoms with Crippen LogP contribution in [-0.4, -0.2) is 23.1 Å². The Kier molecular flexibility index (Phi) is 3.28. The number of halogens is 1. The third-order valence-electron chi connectivity index (χ3n) is 4.33. The molecule has 2 rings (SSSR count). The second-order valence-electron chi connectivity index (χ2n) is 5.95. The van der Waals surface area contributed by atoms with E-state index in [0.29, 0.717) is 23.6 Å². The maximum absolute atomic E-state index is 5.99. The van der Waals surface area contributed by atoms with Crippen LogP contribution in [0.2, 0.25) is 5.15 Å². The molecule has 1 aromatic heterocycles. The van der Waals surface area contributed by atoms with E-state index in [2.05, 4.69) is 43.0 Å². The van der Waals surface area contributed by atoms with Crippen molar-refractivity contribution in [2.75, 3.05) is 12.4 Å². The molecule has 0 aromatic carbocycles. The quantitative estimate of drug-likeness (QED) is 0.853. The van der Waals surface area contributed by atoms with E-state index in [1.807, 2.05) is 0 Å². The Morgan fingerprint density at radius 1 is 1.28 bits per heavy atom. The van der Waals surface area contributed by atoms with Crippen molar-refractivity contribution in [1.82, 2.24) is 9.97 Å². The van der Waals surface area contributed by atoms with Crippen molar-refractivity contribution in [3.05, 3.63) is 17.0 Å². The number of rotatable bonds is 4. The second-order valence-corrected chi connectivity index (χ2v) is 6.33. The van der Waals surface area contributed by atoms with E-state index in [0.717, 1.165) is 5.82 Å². The van der Waals surface area contributed by atoms with Crippen molar-refractivity contribution in [3.8, 4) is 0 Å². The first-order valence-electron chi connectivity index (χ1n) is 6.08. The van der Waals surface area contributed by atoms with Crippen LogP contribution in [0.15, 0.2) is 6.07 Å². The van der Waals surface area contributed by atoms with Gasteiger partial charge in [0.2, 0.25) is 0 Å². The number of methoxy groups -OCH3 is 1. The Bertz CT molecular complexity index is 446. The predicted octanol–water partition coefficient (Wildman–Crippen LogP) is 3.12. The zero-order valence-electron chi connectivity index (χ0n) is 11.5. The molecule has 1 saturated carbocycles. The van der Waals surface area contributed by atoms with Crippen LogP contribution in [0.4, 0.5) is 5.82 Å². The average molecular weight is 270 g/mol. The van der Waals surface area contributed by atoms with Crippen molar-refractivity contribution < 1.29 is 4.74 Å². The predicted molar refractivity (Wildman–Crippen MR) is 72.7 cm³/mol. The van der Waals surface area contributed by atoms with E-state index < -0.39 is 0 Å². The number of aromatic nitrogens is 2. The molecule has 0 spiro atoms. The van der Waals surface area contributed by atoms with Gasteiger partial charge in [-0.25, -0.2) is 9.97 Å². The Morgan fingerprint density at radius 3 is 2.39 bits per heavy atom. The summed E-state index contributed by atoms with van der Waals surface area (Å²) in [6, 6.07) is 2.15. The number of ether oxygens (including phenoxy) is 1. The van der Waals surface area contributed by atoms with Crippen LogP contribution in [0.3, 0.4) is 0 Å². The lowest BCUT2D eigenvalue weighted by Crippen LogP contribution is -2.12. The fraction of sp³-hybridized carbons (Fsp3) is 0.692. The SMILES string of the molecule is COCc1nc(Cl)cc(NC2C(C)(C)C2(C)C)n1. The fourth-order valence-corrected chi connectivity index (χ4v) is 2.64. The monoisotopic (exact) mass is 269 g/mol. The molecule has 5 heteroatoms. The van der Waals surface area contributed by atoms with Crippen LogP contribution in [0, 0.1) is 10.8 Å². The first-order valence-corrected chi connectivity index (χ1v) is 6.46. The highest BCUT2D eigenvalue weighted by Crippen LogP contribution is 2.63. The van der Waals surface area contributed by atoms with Crippen LogP contribution >= 0.6 is 11.6 Å². The van der Waals surface area contributed by atoms with Gasteiger partial charge in [-0.1, -0.05) is 39.3 Å². The molecule has 1 aromatic rings. The van der Waals surface area contributed by atoms with Crippen LogP contribution < -0.4 is 5.32 Å². The van der Waals surface area contributed by atoms with E-state index in [4.69, 9.17) is 16.3 Å². The van der Waals surface area contributed by atoms with E-state index in [-0.39, 0.29) is 10.8 Å². The molecular formula is C13H20ClN3O. The van der Waals surface area contributed by atoms with Gasteiger partial charge in [-0.2, -0.15) is 0 Å². The van der Waals surface area contributed by atoms with Gasteiger partial charge in [0.15, 0.2) is 5.82 Å². The molecule has 18 heavy (non-hydrogen) atoms. The smallest absolute Gasteiger partial charge is 0.158 e. The van der Waals surface area contributed by atoms with Crippen LogP contribution in [0.5, 0.6) is 0 Å². The Balaban J connectivity index is 2.16. The normalized spacial score (nSPS) is 20.8. The number of hydrogen-bond donors (Lipinski definition) is 1. The summed E-state index contributed by atoms with van der Waals surface area (Å²) in [4.78, 5) is 8.52. The van der Waals surface area contributed by atoms with Gasteiger partial charge in [0, 0.05) is 19.2 Å². The van der Waals surface area contributed by atoms with Gasteiger partial charge in [0.05, 0.1) is 0 Å². The van der Waals surface area contributed by atoms with Gasteiger partial charge < -0.3 is 10.1 Å². The highest BCUT2D eigenvalue weighted by atomic mass is 35.5. The zero-order chi connectivity index (χ0) is 13.6. The maximum Gasteiger partial charge on any atom is 0.158 e. The molecule has 1 N–H and O–H groups in total. The molecule has 0 amide bonds. The van der Waals surface area contributed by atoms with Crippen molar-refractivity contribution in [2.24, 2.45) is 10.8 Å². The van der Waals surface area contributed by atoms with Gasteiger partial charge in [-0.15, -0.1) is 0 Å². The molecule has 1 heterocycles. The summed E-state index contributed by atoms with van der Waals surface area (Å²) in [5, 5.41) is 3.89. The number of nitrogens with one attached hydrogen (secondary N) is 1. The van der Waals surface area contributed by atoms with Gasteiger partial charge in [0.25, 0.3) is 0 Å². The zero-order valence-corrected chi connectivity index (χ0v) is 12.3. The van der Waals surface area contributed by atoms with Crippen LogP contribution in [0.25, 0.3) is 0 Å². The summed E-state index contributed by atoms with van der Waals surface area (Å²) < 4.78 is 5.03. The number of nitrogens with zero attached hydrogens (tertiary/aromatic N) is 2. The highest BCUT2D eigenvalue weighted by molar-refractivity contribution is 6.29. The molecule has 0 aliphatic heterocycles. The second kappa shape index (κ2) is 4.35. The maximum atomic E-state index is 5.99. The van der Waals surface area contributed by atoms with E-state index >= 15 is 0 Å². The molecule has 1 fully saturated rings. The summed E-state index contributed by atoms with van der Waals surface area (Å²) in [5.74, 6) is 1.37. The summed E-state index contributed by atoms with van der Waals surface area (Å²) in [6.07, 6.45) is 0. The Labute approximate surface area is 113 Å². The van der Waals surface area contributed by atoms with E-state index in [1.54, 1.807) is 13.2 Å². The molecular weight excluding hydrogens is 250 g/mol. The Hall–Kier alpha value is -0.870. The largest absolute Gasteiger partial charge is 0.377 e. The third-order valence-corrected chi connectivity index (χ3v) is 4.52. The molecule has 0 atom stereocenters. The first kappa shape index (κ1) is 13.6. The molecule has 4 nitrogen and oxygen atoms in total. The highest BCUT2D eigenvalue weighted by Gasteiger charge is 2.65. The van der Waals surface area contributed by atoms with Crippen molar-refractivity contribution in [1.29, 1.82) is 0 Å². The minimum atomic E-state index is 0.256. The average Bonchev–Trinajstić information content (AvgIpc) is 2.60. The van der Waals surface area contributed by atoms with Crippen molar-refractivity contribution >= 4 is 17.4 Å². The van der Waals surface area contributed by atoms with Gasteiger partial charge in [0.1, 0.15) is 17.6 Å². The molecule has 100 valence electrons. The Morgan fingerprint density at radius 2 is 1.89 bits per heavy atom. The molecule has 0 unspecified atom stereocenters. The minimum absolute atomic E-state index is 0.256. The van der Waals surface area contributed by atoms with Gasteiger partial charge in [-0.05, 0) is 10.8 Å². The van der Waals surface area contributed by atoms with Crippen LogP contribution in [-0.2, 0) is 11.3 Å². The lowest BCUT2D eigenvalue weighted by atomic mass is 10.0. The molecule has 0 bridgehead atoms. The van der Waals surface area contributed by atoms with Gasteiger partial charge >= 0.3 is 0 Å². The molecule has 0 radical (unpaired) electrons. The minimum Gasteiger partial charge on any atom is -0.377 e. The lowest BCUT2D eigenvalue weighted by molar-refractivity contribution is 0.178. The van der Waals surface area contributed by atoms with E-state index in [1.165, 1.54) is 0 Å². The first-order chi connectivity index (χ1) is 8.29. The van der Waals surface area contributed by atoms with E-state index in [9.17, 15) is 0 Å². The molecule has 1 aliphatic rings. The van der Waals surface area contributed by atoms with Gasteiger partial charge in [-0.3, -0.25) is 0 Å². The van der Waals surface area contributed by atoms with Crippen molar-refractivity contribution in [2.45, 2.75) is 40.3 Å². The third kappa shape index (κ3) is 2.19. The van der Waals surface area contributed by atoms with Crippen LogP contribution in [0.1, 0.15) is 33.5 Å². The standard InChI is InChI=1S/C13H20ClN3O/c1-12(2)11(13(12,3)4)17-9-6-8(14)15-10(16-9)7-18-5/h6,11H,7H2,1-5H3,(H,15,16,17). The lowest BCUT2D eigenvalue weighted by Gasteiger charge is -2.09. The summed E-state index contributed by atoms with van der Waals surface area (Å²) >= 11 is 5.99. The number of hydrogen-bond acceptors (Lipinski definition) is 4. The summed E-state index contributed by atoms with van der Waals surface area (Å²) in [6.45, 7) is 9.38. The fourth-order valence-electron chi connectivity index (χ4n) is 2.44. The number of anilines is 1. The summed E-state index contributed by atoms with van der Waals surface area (Å²) in [7, 11) is 1.62. The van der Waals surface area contributed by atoms with Crippen molar-refractivity contribution in [3.63, 3.8) is 0 Å². The topological polar surface area (TPSA) is 47.0 Å². The molecule has 0 saturated heterocycles. The summed E-state index contributed by atoms with van der Waals surface area (Å²) in [5.41, 5.74) is 0.512. The molecule has 1 aliphatic carbocycles.